The molecule has 4 nitrogen and oxygen atoms in total. The van der Waals surface area contributed by atoms with E-state index in [4.69, 9.17) is 4.74 Å². The van der Waals surface area contributed by atoms with Crippen LogP contribution in [0, 0.1) is 0 Å². The molecule has 0 aromatic heterocycles. The Morgan fingerprint density at radius 1 is 1.00 bits per heavy atom. The van der Waals surface area contributed by atoms with Gasteiger partial charge in [-0.1, -0.05) is 68.4 Å². The number of rotatable bonds is 7. The Balaban J connectivity index is 2.00. The molecule has 1 amide bonds. The summed E-state index contributed by atoms with van der Waals surface area (Å²) < 4.78 is 5.37. The van der Waals surface area contributed by atoms with E-state index in [9.17, 15) is 10.0 Å². The fourth-order valence-electron chi connectivity index (χ4n) is 3.62. The summed E-state index contributed by atoms with van der Waals surface area (Å²) in [4.78, 5) is 13.6. The number of ether oxygens (including phenoxy) is 1. The first-order valence-electron chi connectivity index (χ1n) is 10.2. The summed E-state index contributed by atoms with van der Waals surface area (Å²) in [5, 5.41) is 11.6. The van der Waals surface area contributed by atoms with Crippen molar-refractivity contribution in [3.05, 3.63) is 95.6 Å². The molecule has 1 atom stereocenters. The molecule has 1 N–H and O–H groups in total. The summed E-state index contributed by atoms with van der Waals surface area (Å²) >= 11 is 0. The third kappa shape index (κ3) is 4.55. The SMILES string of the molecule is COc1cccc(C(C)(Cc2ccccc2)C(=O)N(O)c2ccc(C(C)C)cc2)c1. The van der Waals surface area contributed by atoms with Gasteiger partial charge in [-0.15, -0.1) is 0 Å². The summed E-state index contributed by atoms with van der Waals surface area (Å²) in [6.07, 6.45) is 0.445. The van der Waals surface area contributed by atoms with Gasteiger partial charge in [-0.3, -0.25) is 10.0 Å². The van der Waals surface area contributed by atoms with Crippen LogP contribution in [0.3, 0.4) is 0 Å². The predicted octanol–water partition coefficient (Wildman–Crippen LogP) is 5.74. The van der Waals surface area contributed by atoms with Crippen LogP contribution in [0.4, 0.5) is 5.69 Å². The first-order valence-corrected chi connectivity index (χ1v) is 10.2. The second-order valence-corrected chi connectivity index (χ2v) is 8.09. The molecule has 30 heavy (non-hydrogen) atoms. The van der Waals surface area contributed by atoms with Crippen molar-refractivity contribution >= 4 is 11.6 Å². The van der Waals surface area contributed by atoms with E-state index in [1.54, 1.807) is 19.2 Å². The van der Waals surface area contributed by atoms with Crippen molar-refractivity contribution in [1.82, 2.24) is 0 Å². The zero-order valence-corrected chi connectivity index (χ0v) is 18.0. The molecule has 0 spiro atoms. The molecule has 0 aliphatic heterocycles. The van der Waals surface area contributed by atoms with Gasteiger partial charge in [0.1, 0.15) is 5.75 Å². The minimum Gasteiger partial charge on any atom is -0.497 e. The van der Waals surface area contributed by atoms with Crippen molar-refractivity contribution in [2.24, 2.45) is 0 Å². The summed E-state index contributed by atoms with van der Waals surface area (Å²) in [5.74, 6) is 0.657. The van der Waals surface area contributed by atoms with Gasteiger partial charge in [0, 0.05) is 0 Å². The smallest absolute Gasteiger partial charge is 0.261 e. The number of carbonyl (C=O) groups is 1. The molecule has 0 aliphatic rings. The monoisotopic (exact) mass is 403 g/mol. The van der Waals surface area contributed by atoms with Crippen LogP contribution in [0.2, 0.25) is 0 Å². The first-order chi connectivity index (χ1) is 14.3. The number of benzene rings is 3. The van der Waals surface area contributed by atoms with E-state index in [2.05, 4.69) is 13.8 Å². The molecule has 0 bridgehead atoms. The van der Waals surface area contributed by atoms with E-state index < -0.39 is 11.3 Å². The molecule has 0 radical (unpaired) electrons. The highest BCUT2D eigenvalue weighted by Crippen LogP contribution is 2.34. The zero-order chi connectivity index (χ0) is 21.7. The zero-order valence-electron chi connectivity index (χ0n) is 18.0. The van der Waals surface area contributed by atoms with E-state index >= 15 is 0 Å². The number of hydrogen-bond acceptors (Lipinski definition) is 3. The number of hydroxylamine groups is 1. The lowest BCUT2D eigenvalue weighted by atomic mass is 9.76. The quantitative estimate of drug-likeness (QED) is 0.404. The van der Waals surface area contributed by atoms with E-state index in [0.29, 0.717) is 23.8 Å². The van der Waals surface area contributed by atoms with Gasteiger partial charge in [-0.2, -0.15) is 5.06 Å². The first kappa shape index (κ1) is 21.6. The van der Waals surface area contributed by atoms with Crippen LogP contribution in [-0.4, -0.2) is 18.2 Å². The third-order valence-electron chi connectivity index (χ3n) is 5.58. The van der Waals surface area contributed by atoms with Gasteiger partial charge in [-0.05, 0) is 60.2 Å². The van der Waals surface area contributed by atoms with Crippen LogP contribution in [-0.2, 0) is 16.6 Å². The lowest BCUT2D eigenvalue weighted by Crippen LogP contribution is -2.45. The summed E-state index contributed by atoms with van der Waals surface area (Å²) in [5.41, 5.74) is 2.42. The number of methoxy groups -OCH3 is 1. The Morgan fingerprint density at radius 2 is 1.67 bits per heavy atom. The average Bonchev–Trinajstić information content (AvgIpc) is 2.78. The summed E-state index contributed by atoms with van der Waals surface area (Å²) in [7, 11) is 1.60. The minimum atomic E-state index is -0.985. The molecule has 0 aliphatic carbocycles. The molecule has 3 aromatic rings. The highest BCUT2D eigenvalue weighted by Gasteiger charge is 2.39. The van der Waals surface area contributed by atoms with Crippen LogP contribution in [0.15, 0.2) is 78.9 Å². The summed E-state index contributed by atoms with van der Waals surface area (Å²) in [6.45, 7) is 6.08. The molecular weight excluding hydrogens is 374 g/mol. The van der Waals surface area contributed by atoms with Crippen molar-refractivity contribution in [2.75, 3.05) is 12.2 Å². The van der Waals surface area contributed by atoms with Gasteiger partial charge in [0.25, 0.3) is 5.91 Å². The van der Waals surface area contributed by atoms with Crippen molar-refractivity contribution in [3.63, 3.8) is 0 Å². The van der Waals surface area contributed by atoms with Gasteiger partial charge in [0.05, 0.1) is 18.2 Å². The highest BCUT2D eigenvalue weighted by molar-refractivity contribution is 5.99. The number of carbonyl (C=O) groups excluding carboxylic acids is 1. The Hall–Kier alpha value is -3.11. The van der Waals surface area contributed by atoms with Crippen molar-refractivity contribution in [2.45, 2.75) is 38.5 Å². The average molecular weight is 404 g/mol. The number of hydrogen-bond donors (Lipinski definition) is 1. The molecule has 0 saturated heterocycles. The molecule has 3 aromatic carbocycles. The molecule has 1 unspecified atom stereocenters. The molecular formula is C26H29NO3. The maximum Gasteiger partial charge on any atom is 0.261 e. The maximum atomic E-state index is 13.6. The second-order valence-electron chi connectivity index (χ2n) is 8.09. The summed E-state index contributed by atoms with van der Waals surface area (Å²) in [6, 6.07) is 24.7. The molecule has 3 rings (SSSR count). The largest absolute Gasteiger partial charge is 0.497 e. The molecule has 156 valence electrons. The van der Waals surface area contributed by atoms with Crippen molar-refractivity contribution in [3.8, 4) is 5.75 Å². The molecule has 0 heterocycles. The molecule has 0 fully saturated rings. The van der Waals surface area contributed by atoms with Crippen molar-refractivity contribution < 1.29 is 14.7 Å². The predicted molar refractivity (Wildman–Crippen MR) is 120 cm³/mol. The van der Waals surface area contributed by atoms with E-state index in [-0.39, 0.29) is 0 Å². The van der Waals surface area contributed by atoms with Gasteiger partial charge >= 0.3 is 0 Å². The van der Waals surface area contributed by atoms with Gasteiger partial charge in [0.15, 0.2) is 0 Å². The standard InChI is InChI=1S/C26H29NO3/c1-19(2)21-13-15-23(16-14-21)27(29)25(28)26(3,18-20-9-6-5-7-10-20)22-11-8-12-24(17-22)30-4/h5-17,19,29H,18H2,1-4H3. The normalized spacial score (nSPS) is 13.0. The second kappa shape index (κ2) is 9.14. The van der Waals surface area contributed by atoms with Crippen LogP contribution in [0.1, 0.15) is 43.4 Å². The number of anilines is 1. The lowest BCUT2D eigenvalue weighted by molar-refractivity contribution is -0.128. The Labute approximate surface area is 178 Å². The number of amides is 1. The van der Waals surface area contributed by atoms with E-state index in [0.717, 1.165) is 21.8 Å². The van der Waals surface area contributed by atoms with Crippen LogP contribution < -0.4 is 9.80 Å². The fourth-order valence-corrected chi connectivity index (χ4v) is 3.62. The van der Waals surface area contributed by atoms with E-state index in [1.165, 1.54) is 0 Å². The highest BCUT2D eigenvalue weighted by atomic mass is 16.5. The third-order valence-corrected chi connectivity index (χ3v) is 5.58. The lowest BCUT2D eigenvalue weighted by Gasteiger charge is -2.32. The molecule has 0 saturated carbocycles. The molecule has 4 heteroatoms. The van der Waals surface area contributed by atoms with Crippen molar-refractivity contribution in [1.29, 1.82) is 0 Å². The topological polar surface area (TPSA) is 49.8 Å². The Bertz CT molecular complexity index is 983. The van der Waals surface area contributed by atoms with Gasteiger partial charge < -0.3 is 4.74 Å². The van der Waals surface area contributed by atoms with Crippen LogP contribution in [0.5, 0.6) is 5.75 Å². The van der Waals surface area contributed by atoms with Gasteiger partial charge in [0.2, 0.25) is 0 Å². The number of nitrogens with zero attached hydrogens (tertiary/aromatic N) is 1. The van der Waals surface area contributed by atoms with Crippen LogP contribution >= 0.6 is 0 Å². The fraction of sp³-hybridized carbons (Fsp3) is 0.269. The Morgan fingerprint density at radius 3 is 2.27 bits per heavy atom. The van der Waals surface area contributed by atoms with E-state index in [1.807, 2.05) is 73.7 Å². The maximum absolute atomic E-state index is 13.6. The Kier molecular flexibility index (Phi) is 6.58. The van der Waals surface area contributed by atoms with Crippen LogP contribution in [0.25, 0.3) is 0 Å². The van der Waals surface area contributed by atoms with Gasteiger partial charge in [-0.25, -0.2) is 0 Å². The minimum absolute atomic E-state index is 0.377.